The molecule has 0 fully saturated rings. The van der Waals surface area contributed by atoms with Crippen molar-refractivity contribution in [1.82, 2.24) is 0 Å². The van der Waals surface area contributed by atoms with Gasteiger partial charge in [0.05, 0.1) is 6.10 Å². The molecule has 4 nitrogen and oxygen atoms in total. The van der Waals surface area contributed by atoms with E-state index in [4.69, 9.17) is 5.11 Å². The van der Waals surface area contributed by atoms with Gasteiger partial charge in [0.2, 0.25) is 0 Å². The molecule has 0 saturated carbocycles. The van der Waals surface area contributed by atoms with Gasteiger partial charge in [0.15, 0.2) is 0 Å². The molecule has 4 heteroatoms. The van der Waals surface area contributed by atoms with Crippen LogP contribution in [0, 0.1) is 6.92 Å². The second-order valence-electron chi connectivity index (χ2n) is 3.59. The maximum atomic E-state index is 9.67. The predicted molar refractivity (Wildman–Crippen MR) is 55.5 cm³/mol. The smallest absolute Gasteiger partial charge is 0.121 e. The van der Waals surface area contributed by atoms with Gasteiger partial charge in [-0.05, 0) is 25.0 Å². The molecule has 2 atom stereocenters. The number of phenolic OH excluding ortho intramolecular Hbond substituents is 1. The van der Waals surface area contributed by atoms with E-state index in [9.17, 15) is 15.3 Å². The van der Waals surface area contributed by atoms with Crippen LogP contribution in [0.15, 0.2) is 18.2 Å². The van der Waals surface area contributed by atoms with Gasteiger partial charge in [-0.15, -0.1) is 0 Å². The average molecular weight is 212 g/mol. The van der Waals surface area contributed by atoms with Crippen LogP contribution in [0.3, 0.4) is 0 Å². The summed E-state index contributed by atoms with van der Waals surface area (Å²) in [4.78, 5) is 0. The molecule has 1 aromatic carbocycles. The monoisotopic (exact) mass is 212 g/mol. The number of rotatable bonds is 4. The number of phenols is 1. The number of hydrogen-bond donors (Lipinski definition) is 4. The van der Waals surface area contributed by atoms with Crippen LogP contribution in [0.1, 0.15) is 23.7 Å². The highest BCUT2D eigenvalue weighted by Crippen LogP contribution is 2.28. The van der Waals surface area contributed by atoms with Crippen LogP contribution in [-0.2, 0) is 0 Å². The number of aryl methyl sites for hydroxylation is 1. The first-order valence-electron chi connectivity index (χ1n) is 4.82. The zero-order valence-corrected chi connectivity index (χ0v) is 8.59. The molecule has 15 heavy (non-hydrogen) atoms. The van der Waals surface area contributed by atoms with Crippen molar-refractivity contribution in [2.75, 3.05) is 6.61 Å². The Kier molecular flexibility index (Phi) is 4.08. The Bertz CT molecular complexity index is 324. The predicted octanol–water partition coefficient (Wildman–Crippen LogP) is 0.477. The summed E-state index contributed by atoms with van der Waals surface area (Å²) in [7, 11) is 0. The summed E-state index contributed by atoms with van der Waals surface area (Å²) in [5.41, 5.74) is 1.15. The van der Waals surface area contributed by atoms with Crippen molar-refractivity contribution in [2.45, 2.75) is 25.6 Å². The van der Waals surface area contributed by atoms with Crippen LogP contribution in [0.5, 0.6) is 5.75 Å². The first kappa shape index (κ1) is 12.0. The SMILES string of the molecule is Cc1ccc(C(O)C(O)CCO)c(O)c1. The molecule has 0 aliphatic carbocycles. The van der Waals surface area contributed by atoms with Crippen molar-refractivity contribution in [1.29, 1.82) is 0 Å². The fourth-order valence-corrected chi connectivity index (χ4v) is 1.40. The van der Waals surface area contributed by atoms with Crippen LogP contribution in [0.25, 0.3) is 0 Å². The molecule has 0 bridgehead atoms. The van der Waals surface area contributed by atoms with Gasteiger partial charge in [0.1, 0.15) is 11.9 Å². The Hall–Kier alpha value is -1.10. The number of aromatic hydroxyl groups is 1. The summed E-state index contributed by atoms with van der Waals surface area (Å²) in [5, 5.41) is 37.3. The molecular weight excluding hydrogens is 196 g/mol. The third-order valence-corrected chi connectivity index (χ3v) is 2.29. The van der Waals surface area contributed by atoms with Crippen molar-refractivity contribution in [2.24, 2.45) is 0 Å². The summed E-state index contributed by atoms with van der Waals surface area (Å²) in [6.07, 6.45) is -2.16. The quantitative estimate of drug-likeness (QED) is 0.585. The molecule has 4 N–H and O–H groups in total. The fraction of sp³-hybridized carbons (Fsp3) is 0.455. The summed E-state index contributed by atoms with van der Waals surface area (Å²) < 4.78 is 0. The molecule has 0 aliphatic heterocycles. The second kappa shape index (κ2) is 5.11. The first-order chi connectivity index (χ1) is 7.06. The first-order valence-corrected chi connectivity index (χ1v) is 4.82. The Morgan fingerprint density at radius 1 is 1.27 bits per heavy atom. The molecule has 2 unspecified atom stereocenters. The Labute approximate surface area is 88.4 Å². The van der Waals surface area contributed by atoms with Gasteiger partial charge in [-0.3, -0.25) is 0 Å². The van der Waals surface area contributed by atoms with E-state index < -0.39 is 12.2 Å². The van der Waals surface area contributed by atoms with Crippen molar-refractivity contribution >= 4 is 0 Å². The van der Waals surface area contributed by atoms with Gasteiger partial charge in [0, 0.05) is 12.2 Å². The lowest BCUT2D eigenvalue weighted by atomic mass is 10.0. The molecule has 0 spiro atoms. The number of benzene rings is 1. The third kappa shape index (κ3) is 2.92. The van der Waals surface area contributed by atoms with E-state index in [2.05, 4.69) is 0 Å². The van der Waals surface area contributed by atoms with Crippen LogP contribution in [0.2, 0.25) is 0 Å². The van der Waals surface area contributed by atoms with Gasteiger partial charge in [-0.25, -0.2) is 0 Å². The maximum Gasteiger partial charge on any atom is 0.121 e. The van der Waals surface area contributed by atoms with Crippen molar-refractivity contribution in [3.05, 3.63) is 29.3 Å². The highest BCUT2D eigenvalue weighted by molar-refractivity contribution is 5.37. The lowest BCUT2D eigenvalue weighted by Gasteiger charge is -2.18. The average Bonchev–Trinajstić information content (AvgIpc) is 2.17. The van der Waals surface area contributed by atoms with Crippen molar-refractivity contribution in [3.63, 3.8) is 0 Å². The fourth-order valence-electron chi connectivity index (χ4n) is 1.40. The maximum absolute atomic E-state index is 9.67. The van der Waals surface area contributed by atoms with Crippen molar-refractivity contribution in [3.8, 4) is 5.75 Å². The molecule has 0 amide bonds. The molecule has 84 valence electrons. The van der Waals surface area contributed by atoms with E-state index in [1.807, 2.05) is 6.92 Å². The van der Waals surface area contributed by atoms with Crippen molar-refractivity contribution < 1.29 is 20.4 Å². The molecule has 0 aliphatic rings. The minimum atomic E-state index is -1.17. The zero-order chi connectivity index (χ0) is 11.4. The summed E-state index contributed by atoms with van der Waals surface area (Å²) in [6.45, 7) is 1.62. The molecule has 0 heterocycles. The largest absolute Gasteiger partial charge is 0.508 e. The Morgan fingerprint density at radius 3 is 2.47 bits per heavy atom. The van der Waals surface area contributed by atoms with E-state index in [1.54, 1.807) is 12.1 Å². The molecule has 1 aromatic rings. The van der Waals surface area contributed by atoms with E-state index in [1.165, 1.54) is 6.07 Å². The lowest BCUT2D eigenvalue weighted by Crippen LogP contribution is -2.19. The Morgan fingerprint density at radius 2 is 1.93 bits per heavy atom. The highest BCUT2D eigenvalue weighted by Gasteiger charge is 2.20. The van der Waals surface area contributed by atoms with Crippen LogP contribution >= 0.6 is 0 Å². The summed E-state index contributed by atoms with van der Waals surface area (Å²) in [6, 6.07) is 4.82. The highest BCUT2D eigenvalue weighted by atomic mass is 16.3. The minimum absolute atomic E-state index is 0.0421. The lowest BCUT2D eigenvalue weighted by molar-refractivity contribution is 0.00304. The topological polar surface area (TPSA) is 80.9 Å². The van der Waals surface area contributed by atoms with Gasteiger partial charge < -0.3 is 20.4 Å². The van der Waals surface area contributed by atoms with Gasteiger partial charge in [-0.2, -0.15) is 0 Å². The summed E-state index contributed by atoms with van der Waals surface area (Å²) >= 11 is 0. The number of aliphatic hydroxyl groups excluding tert-OH is 3. The van der Waals surface area contributed by atoms with Crippen LogP contribution in [-0.4, -0.2) is 33.1 Å². The van der Waals surface area contributed by atoms with E-state index >= 15 is 0 Å². The number of aliphatic hydroxyl groups is 3. The number of hydrogen-bond acceptors (Lipinski definition) is 4. The minimum Gasteiger partial charge on any atom is -0.508 e. The van der Waals surface area contributed by atoms with Gasteiger partial charge >= 0.3 is 0 Å². The van der Waals surface area contributed by atoms with E-state index in [0.717, 1.165) is 5.56 Å². The molecule has 0 radical (unpaired) electrons. The zero-order valence-electron chi connectivity index (χ0n) is 8.59. The van der Waals surface area contributed by atoms with E-state index in [-0.39, 0.29) is 24.3 Å². The van der Waals surface area contributed by atoms with E-state index in [0.29, 0.717) is 0 Å². The standard InChI is InChI=1S/C11H16O4/c1-7-2-3-8(10(14)6-7)11(15)9(13)4-5-12/h2-3,6,9,11-15H,4-5H2,1H3. The normalized spacial score (nSPS) is 14.9. The molecule has 1 rings (SSSR count). The second-order valence-corrected chi connectivity index (χ2v) is 3.59. The van der Waals surface area contributed by atoms with Crippen LogP contribution < -0.4 is 0 Å². The van der Waals surface area contributed by atoms with Crippen LogP contribution in [0.4, 0.5) is 0 Å². The van der Waals surface area contributed by atoms with Gasteiger partial charge in [-0.1, -0.05) is 12.1 Å². The Balaban J connectivity index is 2.86. The van der Waals surface area contributed by atoms with Gasteiger partial charge in [0.25, 0.3) is 0 Å². The molecule has 0 aromatic heterocycles. The third-order valence-electron chi connectivity index (χ3n) is 2.29. The molecular formula is C11H16O4. The summed E-state index contributed by atoms with van der Waals surface area (Å²) in [5.74, 6) is -0.0421. The molecule has 0 saturated heterocycles.